The van der Waals surface area contributed by atoms with Crippen molar-refractivity contribution in [1.29, 1.82) is 0 Å². The summed E-state index contributed by atoms with van der Waals surface area (Å²) in [7, 11) is 0. The third-order valence-electron chi connectivity index (χ3n) is 4.99. The van der Waals surface area contributed by atoms with Gasteiger partial charge in [0.1, 0.15) is 11.3 Å². The first-order valence-corrected chi connectivity index (χ1v) is 11.1. The number of morpholine rings is 1. The molecule has 0 unspecified atom stereocenters. The maximum absolute atomic E-state index is 13.1. The van der Waals surface area contributed by atoms with Crippen LogP contribution in [-0.2, 0) is 9.53 Å². The molecule has 0 atom stereocenters. The number of anilines is 1. The Bertz CT molecular complexity index is 1020. The van der Waals surface area contributed by atoms with E-state index < -0.39 is 0 Å². The van der Waals surface area contributed by atoms with E-state index in [0.29, 0.717) is 22.4 Å². The van der Waals surface area contributed by atoms with E-state index in [9.17, 15) is 4.79 Å². The van der Waals surface area contributed by atoms with E-state index in [1.807, 2.05) is 49.4 Å². The fraction of sp³-hybridized carbons (Fsp3) is 0.364. The second-order valence-electron chi connectivity index (χ2n) is 7.19. The summed E-state index contributed by atoms with van der Waals surface area (Å²) in [5, 5.41) is 1.23. The van der Waals surface area contributed by atoms with Gasteiger partial charge in [0.25, 0.3) is 5.91 Å². The van der Waals surface area contributed by atoms with Crippen molar-refractivity contribution in [3.8, 4) is 5.75 Å². The SMILES string of the molecule is Cc1cccc(OCC(=O)N(CCN2CCOCC2)c2nc3c(Cl)cccc3s2)c1. The van der Waals surface area contributed by atoms with Crippen molar-refractivity contribution in [2.75, 3.05) is 50.9 Å². The Hall–Kier alpha value is -2.19. The Morgan fingerprint density at radius 3 is 2.83 bits per heavy atom. The molecule has 1 aromatic heterocycles. The molecule has 8 heteroatoms. The van der Waals surface area contributed by atoms with E-state index in [1.54, 1.807) is 4.90 Å². The van der Waals surface area contributed by atoms with Crippen molar-refractivity contribution >= 4 is 44.2 Å². The van der Waals surface area contributed by atoms with Gasteiger partial charge in [-0.2, -0.15) is 0 Å². The molecule has 3 aromatic rings. The topological polar surface area (TPSA) is 54.9 Å². The van der Waals surface area contributed by atoms with Gasteiger partial charge in [0, 0.05) is 26.2 Å². The summed E-state index contributed by atoms with van der Waals surface area (Å²) in [6.07, 6.45) is 0. The van der Waals surface area contributed by atoms with Crippen LogP contribution in [-0.4, -0.2) is 61.8 Å². The second kappa shape index (κ2) is 9.75. The summed E-state index contributed by atoms with van der Waals surface area (Å²) in [5.41, 5.74) is 1.81. The number of carbonyl (C=O) groups excluding carboxylic acids is 1. The molecule has 0 spiro atoms. The highest BCUT2D eigenvalue weighted by Gasteiger charge is 2.22. The second-order valence-corrected chi connectivity index (χ2v) is 8.60. The molecule has 2 heterocycles. The fourth-order valence-electron chi connectivity index (χ4n) is 3.34. The smallest absolute Gasteiger partial charge is 0.266 e. The van der Waals surface area contributed by atoms with Crippen LogP contribution >= 0.6 is 22.9 Å². The number of rotatable bonds is 7. The lowest BCUT2D eigenvalue weighted by molar-refractivity contribution is -0.120. The monoisotopic (exact) mass is 445 g/mol. The van der Waals surface area contributed by atoms with Crippen molar-refractivity contribution < 1.29 is 14.3 Å². The van der Waals surface area contributed by atoms with E-state index in [2.05, 4.69) is 9.88 Å². The molecule has 0 aliphatic carbocycles. The number of nitrogens with zero attached hydrogens (tertiary/aromatic N) is 3. The number of aryl methyl sites for hydroxylation is 1. The van der Waals surface area contributed by atoms with Crippen LogP contribution in [0.4, 0.5) is 5.13 Å². The molecular weight excluding hydrogens is 422 g/mol. The number of ether oxygens (including phenoxy) is 2. The Kier molecular flexibility index (Phi) is 6.84. The van der Waals surface area contributed by atoms with Crippen LogP contribution in [0.3, 0.4) is 0 Å². The summed E-state index contributed by atoms with van der Waals surface area (Å²) >= 11 is 7.77. The Morgan fingerprint density at radius 2 is 2.07 bits per heavy atom. The van der Waals surface area contributed by atoms with Crippen LogP contribution in [0.5, 0.6) is 5.75 Å². The minimum Gasteiger partial charge on any atom is -0.484 e. The number of para-hydroxylation sites is 1. The van der Waals surface area contributed by atoms with E-state index in [-0.39, 0.29) is 12.5 Å². The molecule has 0 N–H and O–H groups in total. The third kappa shape index (κ3) is 5.10. The van der Waals surface area contributed by atoms with Gasteiger partial charge in [-0.15, -0.1) is 0 Å². The number of aromatic nitrogens is 1. The molecule has 158 valence electrons. The summed E-state index contributed by atoms with van der Waals surface area (Å²) in [5.74, 6) is 0.559. The molecule has 0 bridgehead atoms. The zero-order chi connectivity index (χ0) is 20.9. The fourth-order valence-corrected chi connectivity index (χ4v) is 4.65. The lowest BCUT2D eigenvalue weighted by Crippen LogP contribution is -2.44. The minimum atomic E-state index is -0.125. The molecule has 1 amide bonds. The highest BCUT2D eigenvalue weighted by atomic mass is 35.5. The maximum atomic E-state index is 13.1. The average molecular weight is 446 g/mol. The molecular formula is C22H24ClN3O3S. The molecule has 30 heavy (non-hydrogen) atoms. The predicted molar refractivity (Wildman–Crippen MR) is 121 cm³/mol. The zero-order valence-electron chi connectivity index (χ0n) is 16.8. The number of fused-ring (bicyclic) bond motifs is 1. The minimum absolute atomic E-state index is 0.0454. The first-order chi connectivity index (χ1) is 14.6. The first kappa shape index (κ1) is 21.1. The average Bonchev–Trinajstić information content (AvgIpc) is 3.18. The molecule has 1 aliphatic heterocycles. The van der Waals surface area contributed by atoms with Gasteiger partial charge in [0.05, 0.1) is 22.9 Å². The summed E-state index contributed by atoms with van der Waals surface area (Å²) in [6.45, 7) is 6.42. The van der Waals surface area contributed by atoms with Gasteiger partial charge in [-0.1, -0.05) is 41.1 Å². The van der Waals surface area contributed by atoms with Crippen molar-refractivity contribution in [1.82, 2.24) is 9.88 Å². The number of carbonyl (C=O) groups is 1. The highest BCUT2D eigenvalue weighted by Crippen LogP contribution is 2.33. The van der Waals surface area contributed by atoms with Gasteiger partial charge < -0.3 is 9.47 Å². The summed E-state index contributed by atoms with van der Waals surface area (Å²) in [4.78, 5) is 21.8. The van der Waals surface area contributed by atoms with Gasteiger partial charge in [-0.3, -0.25) is 14.6 Å². The highest BCUT2D eigenvalue weighted by molar-refractivity contribution is 7.22. The number of hydrogen-bond donors (Lipinski definition) is 0. The van der Waals surface area contributed by atoms with Crippen LogP contribution in [0.1, 0.15) is 5.56 Å². The molecule has 2 aromatic carbocycles. The lowest BCUT2D eigenvalue weighted by Gasteiger charge is -2.29. The number of amides is 1. The van der Waals surface area contributed by atoms with Crippen molar-refractivity contribution in [3.05, 3.63) is 53.1 Å². The zero-order valence-corrected chi connectivity index (χ0v) is 18.4. The van der Waals surface area contributed by atoms with Crippen molar-refractivity contribution in [2.45, 2.75) is 6.92 Å². The molecule has 6 nitrogen and oxygen atoms in total. The number of thiazole rings is 1. The lowest BCUT2D eigenvalue weighted by atomic mass is 10.2. The molecule has 1 fully saturated rings. The Labute approximate surface area is 185 Å². The van der Waals surface area contributed by atoms with Gasteiger partial charge in [0.15, 0.2) is 11.7 Å². The molecule has 0 saturated carbocycles. The largest absolute Gasteiger partial charge is 0.484 e. The molecule has 4 rings (SSSR count). The van der Waals surface area contributed by atoms with Gasteiger partial charge in [0.2, 0.25) is 0 Å². The molecule has 1 saturated heterocycles. The van der Waals surface area contributed by atoms with Crippen LogP contribution in [0.15, 0.2) is 42.5 Å². The summed E-state index contributed by atoms with van der Waals surface area (Å²) in [6, 6.07) is 13.4. The Morgan fingerprint density at radius 1 is 1.27 bits per heavy atom. The van der Waals surface area contributed by atoms with Crippen molar-refractivity contribution in [3.63, 3.8) is 0 Å². The summed E-state index contributed by atoms with van der Waals surface area (Å²) < 4.78 is 12.1. The van der Waals surface area contributed by atoms with Crippen LogP contribution in [0, 0.1) is 6.92 Å². The van der Waals surface area contributed by atoms with Gasteiger partial charge in [-0.25, -0.2) is 4.98 Å². The quantitative estimate of drug-likeness (QED) is 0.550. The van der Waals surface area contributed by atoms with E-state index in [0.717, 1.165) is 48.6 Å². The van der Waals surface area contributed by atoms with E-state index in [1.165, 1.54) is 11.3 Å². The number of benzene rings is 2. The molecule has 1 aliphatic rings. The number of halogens is 1. The predicted octanol–water partition coefficient (Wildman–Crippen LogP) is 4.00. The Balaban J connectivity index is 1.52. The van der Waals surface area contributed by atoms with Gasteiger partial charge >= 0.3 is 0 Å². The third-order valence-corrected chi connectivity index (χ3v) is 6.33. The van der Waals surface area contributed by atoms with E-state index >= 15 is 0 Å². The maximum Gasteiger partial charge on any atom is 0.266 e. The van der Waals surface area contributed by atoms with E-state index in [4.69, 9.17) is 21.1 Å². The van der Waals surface area contributed by atoms with Crippen LogP contribution in [0.25, 0.3) is 10.2 Å². The first-order valence-electron chi connectivity index (χ1n) is 9.95. The standard InChI is InChI=1S/C22H24ClN3O3S/c1-16-4-2-5-17(14-16)29-15-20(27)26(9-8-25-10-12-28-13-11-25)22-24-21-18(23)6-3-7-19(21)30-22/h2-7,14H,8-13,15H2,1H3. The number of hydrogen-bond acceptors (Lipinski definition) is 6. The normalized spacial score (nSPS) is 14.7. The van der Waals surface area contributed by atoms with Crippen LogP contribution < -0.4 is 9.64 Å². The van der Waals surface area contributed by atoms with Gasteiger partial charge in [-0.05, 0) is 36.8 Å². The van der Waals surface area contributed by atoms with Crippen LogP contribution in [0.2, 0.25) is 5.02 Å². The molecule has 0 radical (unpaired) electrons. The van der Waals surface area contributed by atoms with Crippen molar-refractivity contribution in [2.24, 2.45) is 0 Å².